The molecule has 0 spiro atoms. The summed E-state index contributed by atoms with van der Waals surface area (Å²) in [5.74, 6) is -0.741. The van der Waals surface area contributed by atoms with Crippen molar-refractivity contribution < 1.29 is 14.3 Å². The predicted octanol–water partition coefficient (Wildman–Crippen LogP) is 2.08. The van der Waals surface area contributed by atoms with E-state index in [-0.39, 0.29) is 11.9 Å². The van der Waals surface area contributed by atoms with Gasteiger partial charge in [0.2, 0.25) is 6.10 Å². The Bertz CT molecular complexity index is 625. The lowest BCUT2D eigenvalue weighted by atomic mass is 9.94. The van der Waals surface area contributed by atoms with Gasteiger partial charge in [0, 0.05) is 0 Å². The van der Waals surface area contributed by atoms with Crippen LogP contribution in [0, 0.1) is 0 Å². The van der Waals surface area contributed by atoms with Crippen LogP contribution in [0.25, 0.3) is 0 Å². The minimum atomic E-state index is -0.759. The Kier molecular flexibility index (Phi) is 3.21. The van der Waals surface area contributed by atoms with E-state index in [1.807, 2.05) is 36.4 Å². The SMILES string of the molecule is O=C(O[C@@H]1C(=O)N[C@H]1c1ccccc1)c1ccccc1. The minimum Gasteiger partial charge on any atom is -0.446 e. The highest BCUT2D eigenvalue weighted by Crippen LogP contribution is 2.27. The summed E-state index contributed by atoms with van der Waals surface area (Å²) in [6.07, 6.45) is -0.759. The Morgan fingerprint density at radius 1 is 0.950 bits per heavy atom. The van der Waals surface area contributed by atoms with Crippen molar-refractivity contribution in [2.24, 2.45) is 0 Å². The lowest BCUT2D eigenvalue weighted by Gasteiger charge is -2.36. The zero-order valence-corrected chi connectivity index (χ0v) is 10.7. The molecule has 0 saturated carbocycles. The van der Waals surface area contributed by atoms with Crippen molar-refractivity contribution in [1.29, 1.82) is 0 Å². The fourth-order valence-electron chi connectivity index (χ4n) is 2.16. The quantitative estimate of drug-likeness (QED) is 0.684. The monoisotopic (exact) mass is 267 g/mol. The van der Waals surface area contributed by atoms with Crippen LogP contribution in [0.3, 0.4) is 0 Å². The predicted molar refractivity (Wildman–Crippen MR) is 73.0 cm³/mol. The second kappa shape index (κ2) is 5.17. The molecule has 20 heavy (non-hydrogen) atoms. The van der Waals surface area contributed by atoms with Gasteiger partial charge in [-0.1, -0.05) is 48.5 Å². The van der Waals surface area contributed by atoms with Crippen molar-refractivity contribution >= 4 is 11.9 Å². The van der Waals surface area contributed by atoms with Crippen LogP contribution in [0.2, 0.25) is 0 Å². The first-order valence-corrected chi connectivity index (χ1v) is 6.37. The topological polar surface area (TPSA) is 55.4 Å². The van der Waals surface area contributed by atoms with Gasteiger partial charge in [0.1, 0.15) is 6.04 Å². The molecule has 1 aliphatic rings. The second-order valence-electron chi connectivity index (χ2n) is 4.59. The number of rotatable bonds is 3. The zero-order chi connectivity index (χ0) is 13.9. The Morgan fingerprint density at radius 3 is 2.15 bits per heavy atom. The molecule has 1 heterocycles. The summed E-state index contributed by atoms with van der Waals surface area (Å²) in [5, 5.41) is 2.75. The summed E-state index contributed by atoms with van der Waals surface area (Å²) < 4.78 is 5.30. The number of hydrogen-bond donors (Lipinski definition) is 1. The van der Waals surface area contributed by atoms with Crippen LogP contribution in [0.15, 0.2) is 60.7 Å². The molecule has 4 nitrogen and oxygen atoms in total. The van der Waals surface area contributed by atoms with Crippen molar-refractivity contribution in [3.8, 4) is 0 Å². The highest BCUT2D eigenvalue weighted by molar-refractivity contribution is 5.95. The van der Waals surface area contributed by atoms with Gasteiger partial charge < -0.3 is 10.1 Å². The van der Waals surface area contributed by atoms with E-state index < -0.39 is 12.1 Å². The molecular weight excluding hydrogens is 254 g/mol. The third-order valence-electron chi connectivity index (χ3n) is 3.26. The number of amides is 1. The lowest BCUT2D eigenvalue weighted by molar-refractivity contribution is -0.143. The van der Waals surface area contributed by atoms with Gasteiger partial charge in [0.15, 0.2) is 0 Å². The molecule has 1 aliphatic heterocycles. The van der Waals surface area contributed by atoms with Crippen LogP contribution in [0.4, 0.5) is 0 Å². The second-order valence-corrected chi connectivity index (χ2v) is 4.59. The van der Waals surface area contributed by atoms with Gasteiger partial charge in [0.25, 0.3) is 5.91 Å². The maximum absolute atomic E-state index is 12.0. The number of ether oxygens (including phenoxy) is 1. The van der Waals surface area contributed by atoms with Gasteiger partial charge in [-0.25, -0.2) is 4.79 Å². The third-order valence-corrected chi connectivity index (χ3v) is 3.26. The molecule has 1 N–H and O–H groups in total. The van der Waals surface area contributed by atoms with E-state index in [4.69, 9.17) is 4.74 Å². The zero-order valence-electron chi connectivity index (χ0n) is 10.7. The molecule has 2 aromatic carbocycles. The average molecular weight is 267 g/mol. The van der Waals surface area contributed by atoms with E-state index in [0.717, 1.165) is 5.56 Å². The minimum absolute atomic E-state index is 0.261. The van der Waals surface area contributed by atoms with Crippen LogP contribution in [-0.4, -0.2) is 18.0 Å². The largest absolute Gasteiger partial charge is 0.446 e. The molecule has 100 valence electrons. The molecule has 0 unspecified atom stereocenters. The summed E-state index contributed by atoms with van der Waals surface area (Å²) in [5.41, 5.74) is 1.37. The van der Waals surface area contributed by atoms with Crippen molar-refractivity contribution in [3.63, 3.8) is 0 Å². The summed E-state index contributed by atoms with van der Waals surface area (Å²) in [6, 6.07) is 17.9. The van der Waals surface area contributed by atoms with Crippen LogP contribution in [0.1, 0.15) is 22.0 Å². The summed E-state index contributed by atoms with van der Waals surface area (Å²) in [6.45, 7) is 0. The number of benzene rings is 2. The number of β-lactam (4-membered cyclic amide) rings is 1. The molecule has 0 radical (unpaired) electrons. The highest BCUT2D eigenvalue weighted by Gasteiger charge is 2.43. The van der Waals surface area contributed by atoms with Gasteiger partial charge in [-0.2, -0.15) is 0 Å². The molecule has 2 aromatic rings. The molecular formula is C16H13NO3. The third kappa shape index (κ3) is 2.28. The fraction of sp³-hybridized carbons (Fsp3) is 0.125. The number of nitrogens with one attached hydrogen (secondary N) is 1. The molecule has 0 aliphatic carbocycles. The molecule has 3 rings (SSSR count). The Hall–Kier alpha value is -2.62. The van der Waals surface area contributed by atoms with Crippen molar-refractivity contribution in [2.45, 2.75) is 12.1 Å². The summed E-state index contributed by atoms with van der Waals surface area (Å²) in [7, 11) is 0. The lowest BCUT2D eigenvalue weighted by Crippen LogP contribution is -2.57. The highest BCUT2D eigenvalue weighted by atomic mass is 16.6. The number of hydrogen-bond acceptors (Lipinski definition) is 3. The summed E-state index contributed by atoms with van der Waals surface area (Å²) >= 11 is 0. The summed E-state index contributed by atoms with van der Waals surface area (Å²) in [4.78, 5) is 23.6. The van der Waals surface area contributed by atoms with Crippen LogP contribution < -0.4 is 5.32 Å². The maximum Gasteiger partial charge on any atom is 0.338 e. The Labute approximate surface area is 116 Å². The van der Waals surface area contributed by atoms with E-state index in [0.29, 0.717) is 5.56 Å². The fourth-order valence-corrected chi connectivity index (χ4v) is 2.16. The Morgan fingerprint density at radius 2 is 1.55 bits per heavy atom. The standard InChI is InChI=1S/C16H13NO3/c18-15-14(13(17-15)11-7-3-1-4-8-11)20-16(19)12-9-5-2-6-10-12/h1-10,13-14H,(H,17,18)/t13-,14-/m0/s1. The first kappa shape index (κ1) is 12.4. The molecule has 0 aromatic heterocycles. The smallest absolute Gasteiger partial charge is 0.338 e. The van der Waals surface area contributed by atoms with Gasteiger partial charge in [-0.3, -0.25) is 4.79 Å². The van der Waals surface area contributed by atoms with Crippen molar-refractivity contribution in [3.05, 3.63) is 71.8 Å². The molecule has 1 amide bonds. The van der Waals surface area contributed by atoms with E-state index >= 15 is 0 Å². The average Bonchev–Trinajstić information content (AvgIpc) is 2.51. The number of carbonyl (C=O) groups is 2. The van der Waals surface area contributed by atoms with Gasteiger partial charge in [-0.15, -0.1) is 0 Å². The number of carbonyl (C=O) groups excluding carboxylic acids is 2. The molecule has 0 bridgehead atoms. The van der Waals surface area contributed by atoms with E-state index in [2.05, 4.69) is 5.32 Å². The van der Waals surface area contributed by atoms with Crippen LogP contribution in [-0.2, 0) is 9.53 Å². The van der Waals surface area contributed by atoms with E-state index in [1.54, 1.807) is 24.3 Å². The first-order chi connectivity index (χ1) is 9.75. The molecule has 1 fully saturated rings. The Balaban J connectivity index is 1.73. The molecule has 4 heteroatoms. The van der Waals surface area contributed by atoms with E-state index in [1.165, 1.54) is 0 Å². The molecule has 1 saturated heterocycles. The van der Waals surface area contributed by atoms with E-state index in [9.17, 15) is 9.59 Å². The van der Waals surface area contributed by atoms with Gasteiger partial charge in [0.05, 0.1) is 5.56 Å². The molecule has 2 atom stereocenters. The van der Waals surface area contributed by atoms with Crippen molar-refractivity contribution in [2.75, 3.05) is 0 Å². The van der Waals surface area contributed by atoms with Gasteiger partial charge >= 0.3 is 5.97 Å². The van der Waals surface area contributed by atoms with Crippen molar-refractivity contribution in [1.82, 2.24) is 5.32 Å². The first-order valence-electron chi connectivity index (χ1n) is 6.37. The van der Waals surface area contributed by atoms with Crippen LogP contribution in [0.5, 0.6) is 0 Å². The number of esters is 1. The normalized spacial score (nSPS) is 20.7. The van der Waals surface area contributed by atoms with Gasteiger partial charge in [-0.05, 0) is 17.7 Å². The maximum atomic E-state index is 12.0. The van der Waals surface area contributed by atoms with Crippen LogP contribution >= 0.6 is 0 Å².